The first-order valence-corrected chi connectivity index (χ1v) is 10.2. The SMILES string of the molecule is CCCNC(=O)CC.CCCOc1ccccc1.CCCc1ccccc1. The molecule has 1 amide bonds. The number of hydrogen-bond donors (Lipinski definition) is 1. The van der Waals surface area contributed by atoms with E-state index in [9.17, 15) is 4.79 Å². The van der Waals surface area contributed by atoms with Crippen LogP contribution in [0.5, 0.6) is 5.75 Å². The minimum absolute atomic E-state index is 0.145. The Hall–Kier alpha value is -2.29. The standard InChI is InChI=1S/C9H12O.C9H12.C6H13NO/c1-2-8-10-9-6-4-3-5-7-9;1-2-6-9-7-4-3-5-8-9;1-3-5-7-6(8)4-2/h3-7H,2,8H2,1H3;3-5,7-8H,2,6H2,1H3;3-5H2,1-2H3,(H,7,8). The first kappa shape index (κ1) is 24.7. The Labute approximate surface area is 166 Å². The maximum Gasteiger partial charge on any atom is 0.219 e. The van der Waals surface area contributed by atoms with Gasteiger partial charge in [-0.3, -0.25) is 4.79 Å². The summed E-state index contributed by atoms with van der Waals surface area (Å²) < 4.78 is 5.36. The molecule has 0 saturated heterocycles. The summed E-state index contributed by atoms with van der Waals surface area (Å²) in [6.07, 6.45) is 5.13. The third-order valence-electron chi connectivity index (χ3n) is 3.49. The maximum atomic E-state index is 10.5. The van der Waals surface area contributed by atoms with Crippen molar-refractivity contribution in [3.63, 3.8) is 0 Å². The van der Waals surface area contributed by atoms with Crippen LogP contribution in [0.15, 0.2) is 60.7 Å². The first-order valence-electron chi connectivity index (χ1n) is 10.2. The van der Waals surface area contributed by atoms with E-state index in [0.29, 0.717) is 6.42 Å². The molecule has 3 nitrogen and oxygen atoms in total. The zero-order valence-corrected chi connectivity index (χ0v) is 17.5. The molecule has 0 radical (unpaired) electrons. The third-order valence-corrected chi connectivity index (χ3v) is 3.49. The predicted molar refractivity (Wildman–Crippen MR) is 116 cm³/mol. The van der Waals surface area contributed by atoms with Crippen LogP contribution < -0.4 is 10.1 Å². The molecule has 2 rings (SSSR count). The van der Waals surface area contributed by atoms with E-state index in [-0.39, 0.29) is 5.91 Å². The van der Waals surface area contributed by atoms with Crippen molar-refractivity contribution < 1.29 is 9.53 Å². The molecule has 0 atom stereocenters. The van der Waals surface area contributed by atoms with Crippen LogP contribution in [0.4, 0.5) is 0 Å². The molecule has 0 unspecified atom stereocenters. The summed E-state index contributed by atoms with van der Waals surface area (Å²) in [6.45, 7) is 9.81. The van der Waals surface area contributed by atoms with Crippen LogP contribution in [0.2, 0.25) is 0 Å². The minimum atomic E-state index is 0.145. The highest BCUT2D eigenvalue weighted by molar-refractivity contribution is 5.75. The Morgan fingerprint density at radius 1 is 0.815 bits per heavy atom. The molecule has 0 aliphatic rings. The van der Waals surface area contributed by atoms with Gasteiger partial charge in [0.1, 0.15) is 5.75 Å². The van der Waals surface area contributed by atoms with Gasteiger partial charge in [0.2, 0.25) is 5.91 Å². The molecule has 0 aliphatic carbocycles. The zero-order valence-electron chi connectivity index (χ0n) is 17.5. The molecule has 0 spiro atoms. The van der Waals surface area contributed by atoms with E-state index in [4.69, 9.17) is 4.74 Å². The molecule has 27 heavy (non-hydrogen) atoms. The highest BCUT2D eigenvalue weighted by atomic mass is 16.5. The second-order valence-electron chi connectivity index (χ2n) is 6.10. The molecule has 0 aliphatic heterocycles. The number of rotatable bonds is 8. The molecule has 2 aromatic rings. The number of benzene rings is 2. The lowest BCUT2D eigenvalue weighted by molar-refractivity contribution is -0.120. The summed E-state index contributed by atoms with van der Waals surface area (Å²) >= 11 is 0. The van der Waals surface area contributed by atoms with Gasteiger partial charge in [-0.2, -0.15) is 0 Å². The van der Waals surface area contributed by atoms with E-state index in [1.807, 2.05) is 44.2 Å². The van der Waals surface area contributed by atoms with Crippen molar-refractivity contribution >= 4 is 5.91 Å². The number of carbonyl (C=O) groups excluding carboxylic acids is 1. The Kier molecular flexibility index (Phi) is 16.9. The van der Waals surface area contributed by atoms with Crippen molar-refractivity contribution in [1.82, 2.24) is 5.32 Å². The second kappa shape index (κ2) is 18.5. The Morgan fingerprint density at radius 2 is 1.41 bits per heavy atom. The zero-order chi connectivity index (χ0) is 20.2. The monoisotopic (exact) mass is 371 g/mol. The summed E-state index contributed by atoms with van der Waals surface area (Å²) in [5.74, 6) is 1.11. The molecule has 0 heterocycles. The number of carbonyl (C=O) groups is 1. The van der Waals surface area contributed by atoms with Crippen molar-refractivity contribution in [2.24, 2.45) is 0 Å². The van der Waals surface area contributed by atoms with Gasteiger partial charge in [0.05, 0.1) is 6.61 Å². The van der Waals surface area contributed by atoms with Crippen molar-refractivity contribution in [2.75, 3.05) is 13.2 Å². The summed E-state index contributed by atoms with van der Waals surface area (Å²) in [6, 6.07) is 20.4. The molecule has 2 aromatic carbocycles. The average molecular weight is 372 g/mol. The molecule has 0 bridgehead atoms. The molecule has 1 N–H and O–H groups in total. The Bertz CT molecular complexity index is 555. The van der Waals surface area contributed by atoms with E-state index in [1.165, 1.54) is 18.4 Å². The van der Waals surface area contributed by atoms with Gasteiger partial charge in [0.25, 0.3) is 0 Å². The highest BCUT2D eigenvalue weighted by Crippen LogP contribution is 2.07. The third kappa shape index (κ3) is 15.7. The molecule has 150 valence electrons. The van der Waals surface area contributed by atoms with Crippen LogP contribution in [0.1, 0.15) is 58.9 Å². The lowest BCUT2D eigenvalue weighted by atomic mass is 10.1. The van der Waals surface area contributed by atoms with Crippen molar-refractivity contribution in [2.45, 2.75) is 59.8 Å². The van der Waals surface area contributed by atoms with Crippen LogP contribution in [-0.4, -0.2) is 19.1 Å². The van der Waals surface area contributed by atoms with Gasteiger partial charge in [-0.05, 0) is 37.0 Å². The number of para-hydroxylation sites is 1. The van der Waals surface area contributed by atoms with Crippen molar-refractivity contribution in [3.8, 4) is 5.75 Å². The summed E-state index contributed by atoms with van der Waals surface area (Å²) in [4.78, 5) is 10.5. The molecule has 0 saturated carbocycles. The van der Waals surface area contributed by atoms with E-state index in [1.54, 1.807) is 0 Å². The molecule has 0 fully saturated rings. The van der Waals surface area contributed by atoms with Gasteiger partial charge < -0.3 is 10.1 Å². The summed E-state index contributed by atoms with van der Waals surface area (Å²) in [7, 11) is 0. The van der Waals surface area contributed by atoms with Gasteiger partial charge in [-0.15, -0.1) is 0 Å². The highest BCUT2D eigenvalue weighted by Gasteiger charge is 1.90. The van der Waals surface area contributed by atoms with Crippen molar-refractivity contribution in [3.05, 3.63) is 66.2 Å². The quantitative estimate of drug-likeness (QED) is 0.614. The van der Waals surface area contributed by atoms with Gasteiger partial charge in [-0.25, -0.2) is 0 Å². The normalized spacial score (nSPS) is 9.19. The number of ether oxygens (including phenoxy) is 1. The molecule has 0 aromatic heterocycles. The van der Waals surface area contributed by atoms with Crippen LogP contribution in [0.3, 0.4) is 0 Å². The fourth-order valence-corrected chi connectivity index (χ4v) is 2.06. The van der Waals surface area contributed by atoms with Gasteiger partial charge >= 0.3 is 0 Å². The maximum absolute atomic E-state index is 10.5. The summed E-state index contributed by atoms with van der Waals surface area (Å²) in [5.41, 5.74) is 1.44. The molecular weight excluding hydrogens is 334 g/mol. The Morgan fingerprint density at radius 3 is 1.89 bits per heavy atom. The summed E-state index contributed by atoms with van der Waals surface area (Å²) in [5, 5.41) is 2.74. The number of hydrogen-bond acceptors (Lipinski definition) is 2. The largest absolute Gasteiger partial charge is 0.494 e. The van der Waals surface area contributed by atoms with Crippen LogP contribution in [0.25, 0.3) is 0 Å². The average Bonchev–Trinajstić information content (AvgIpc) is 2.73. The van der Waals surface area contributed by atoms with Crippen LogP contribution in [0, 0.1) is 0 Å². The van der Waals surface area contributed by atoms with E-state index < -0.39 is 0 Å². The predicted octanol–water partition coefficient (Wildman–Crippen LogP) is 6.04. The van der Waals surface area contributed by atoms with Crippen LogP contribution in [-0.2, 0) is 11.2 Å². The first-order chi connectivity index (χ1) is 13.2. The molecule has 3 heteroatoms. The topological polar surface area (TPSA) is 38.3 Å². The lowest BCUT2D eigenvalue weighted by Crippen LogP contribution is -2.22. The van der Waals surface area contributed by atoms with E-state index in [0.717, 1.165) is 31.7 Å². The number of amides is 1. The fourth-order valence-electron chi connectivity index (χ4n) is 2.06. The fraction of sp³-hybridized carbons (Fsp3) is 0.458. The lowest BCUT2D eigenvalue weighted by Gasteiger charge is -2.01. The van der Waals surface area contributed by atoms with Gasteiger partial charge in [-0.1, -0.05) is 82.6 Å². The minimum Gasteiger partial charge on any atom is -0.494 e. The second-order valence-corrected chi connectivity index (χ2v) is 6.10. The number of aryl methyl sites for hydroxylation is 1. The van der Waals surface area contributed by atoms with Gasteiger partial charge in [0, 0.05) is 13.0 Å². The van der Waals surface area contributed by atoms with Crippen molar-refractivity contribution in [1.29, 1.82) is 0 Å². The smallest absolute Gasteiger partial charge is 0.219 e. The van der Waals surface area contributed by atoms with E-state index >= 15 is 0 Å². The van der Waals surface area contributed by atoms with Gasteiger partial charge in [0.15, 0.2) is 0 Å². The Balaban J connectivity index is 0.000000379. The number of nitrogens with one attached hydrogen (secondary N) is 1. The van der Waals surface area contributed by atoms with Crippen LogP contribution >= 0.6 is 0 Å². The van der Waals surface area contributed by atoms with E-state index in [2.05, 4.69) is 49.5 Å². The molecular formula is C24H37NO2.